The highest BCUT2D eigenvalue weighted by Gasteiger charge is 2.23. The first kappa shape index (κ1) is 17.2. The fraction of sp³-hybridized carbons (Fsp3) is 0.600. The van der Waals surface area contributed by atoms with Crippen LogP contribution in [0, 0.1) is 0 Å². The van der Waals surface area contributed by atoms with Crippen molar-refractivity contribution >= 4 is 11.7 Å². The predicted octanol–water partition coefficient (Wildman–Crippen LogP) is 3.17. The molecule has 1 amide bonds. The van der Waals surface area contributed by atoms with E-state index < -0.39 is 0 Å². The summed E-state index contributed by atoms with van der Waals surface area (Å²) in [5.41, 5.74) is 3.47. The minimum Gasteiger partial charge on any atom is -0.381 e. The number of aryl methyl sites for hydroxylation is 2. The number of likely N-dealkylation sites (tertiary alicyclic amines) is 1. The van der Waals surface area contributed by atoms with Crippen LogP contribution in [0.25, 0.3) is 0 Å². The van der Waals surface area contributed by atoms with Gasteiger partial charge in [-0.15, -0.1) is 0 Å². The third-order valence-corrected chi connectivity index (χ3v) is 5.36. The summed E-state index contributed by atoms with van der Waals surface area (Å²) in [4.78, 5) is 26.6. The van der Waals surface area contributed by atoms with Crippen molar-refractivity contribution in [1.29, 1.82) is 0 Å². The van der Waals surface area contributed by atoms with E-state index in [1.807, 2.05) is 17.0 Å². The van der Waals surface area contributed by atoms with Crippen LogP contribution in [-0.4, -0.2) is 42.9 Å². The molecule has 3 rings (SSSR count). The van der Waals surface area contributed by atoms with Crippen molar-refractivity contribution in [1.82, 2.24) is 4.90 Å². The van der Waals surface area contributed by atoms with E-state index in [4.69, 9.17) is 4.74 Å². The highest BCUT2D eigenvalue weighted by molar-refractivity contribution is 5.98. The van der Waals surface area contributed by atoms with E-state index >= 15 is 0 Å². The smallest absolute Gasteiger partial charge is 0.223 e. The van der Waals surface area contributed by atoms with Crippen LogP contribution in [0.3, 0.4) is 0 Å². The molecule has 0 bridgehead atoms. The normalized spacial score (nSPS) is 18.3. The molecular weight excluding hydrogens is 302 g/mol. The maximum absolute atomic E-state index is 12.4. The third-order valence-electron chi connectivity index (χ3n) is 5.36. The van der Waals surface area contributed by atoms with Crippen molar-refractivity contribution in [3.8, 4) is 0 Å². The van der Waals surface area contributed by atoms with Gasteiger partial charge in [-0.1, -0.05) is 12.1 Å². The maximum Gasteiger partial charge on any atom is 0.223 e. The Balaban J connectivity index is 1.51. The van der Waals surface area contributed by atoms with E-state index in [9.17, 15) is 9.59 Å². The van der Waals surface area contributed by atoms with Crippen LogP contribution >= 0.6 is 0 Å². The molecule has 0 spiro atoms. The van der Waals surface area contributed by atoms with Gasteiger partial charge in [0.2, 0.25) is 5.91 Å². The van der Waals surface area contributed by atoms with Gasteiger partial charge in [-0.3, -0.25) is 9.59 Å². The first-order valence-corrected chi connectivity index (χ1v) is 9.13. The number of nitrogens with zero attached hydrogens (tertiary/aromatic N) is 1. The molecule has 0 unspecified atom stereocenters. The third kappa shape index (κ3) is 4.04. The van der Waals surface area contributed by atoms with Gasteiger partial charge in [-0.05, 0) is 55.7 Å². The largest absolute Gasteiger partial charge is 0.381 e. The van der Waals surface area contributed by atoms with Crippen LogP contribution in [-0.2, 0) is 22.4 Å². The molecule has 130 valence electrons. The summed E-state index contributed by atoms with van der Waals surface area (Å²) in [7, 11) is 1.72. The number of amides is 1. The lowest BCUT2D eigenvalue weighted by Crippen LogP contribution is -2.40. The molecule has 1 fully saturated rings. The number of rotatable bonds is 5. The van der Waals surface area contributed by atoms with E-state index in [1.54, 1.807) is 7.11 Å². The molecule has 0 radical (unpaired) electrons. The van der Waals surface area contributed by atoms with Gasteiger partial charge in [-0.2, -0.15) is 0 Å². The fourth-order valence-electron chi connectivity index (χ4n) is 3.77. The number of carbonyl (C=O) groups excluding carboxylic acids is 2. The van der Waals surface area contributed by atoms with Crippen molar-refractivity contribution in [2.45, 2.75) is 57.5 Å². The number of Topliss-reactive ketones (excluding diaryl/α,β-unsaturated/α-hetero) is 1. The highest BCUT2D eigenvalue weighted by atomic mass is 16.5. The Kier molecular flexibility index (Phi) is 5.67. The topological polar surface area (TPSA) is 46.6 Å². The summed E-state index contributed by atoms with van der Waals surface area (Å²) in [6, 6.07) is 6.07. The van der Waals surface area contributed by atoms with Crippen LogP contribution < -0.4 is 0 Å². The van der Waals surface area contributed by atoms with Crippen LogP contribution in [0.1, 0.15) is 60.0 Å². The lowest BCUT2D eigenvalue weighted by Gasteiger charge is -2.31. The van der Waals surface area contributed by atoms with Gasteiger partial charge in [0.15, 0.2) is 5.78 Å². The molecule has 1 saturated heterocycles. The minimum absolute atomic E-state index is 0.0866. The molecule has 2 aliphatic rings. The molecule has 0 saturated carbocycles. The van der Waals surface area contributed by atoms with Gasteiger partial charge in [0.05, 0.1) is 6.10 Å². The second-order valence-electron chi connectivity index (χ2n) is 6.93. The summed E-state index contributed by atoms with van der Waals surface area (Å²) in [5.74, 6) is 0.180. The number of fused-ring (bicyclic) bond motifs is 1. The monoisotopic (exact) mass is 329 g/mol. The number of hydrogen-bond donors (Lipinski definition) is 0. The molecule has 4 nitrogen and oxygen atoms in total. The number of hydrogen-bond acceptors (Lipinski definition) is 3. The lowest BCUT2D eigenvalue weighted by atomic mass is 9.89. The van der Waals surface area contributed by atoms with Gasteiger partial charge in [0, 0.05) is 38.6 Å². The Bertz CT molecular complexity index is 603. The second kappa shape index (κ2) is 7.93. The molecular formula is C20H27NO3. The molecule has 1 heterocycles. The average Bonchev–Trinajstić information content (AvgIpc) is 2.65. The zero-order chi connectivity index (χ0) is 16.9. The average molecular weight is 329 g/mol. The van der Waals surface area contributed by atoms with Gasteiger partial charge in [0.25, 0.3) is 0 Å². The van der Waals surface area contributed by atoms with Crippen LogP contribution in [0.2, 0.25) is 0 Å². The standard InChI is InChI=1S/C20H27NO3/c1-24-18-10-12-21(13-11-18)20(23)9-8-19(22)17-7-6-15-4-2-3-5-16(15)14-17/h6-7,14,18H,2-5,8-13H2,1H3. The Hall–Kier alpha value is -1.68. The summed E-state index contributed by atoms with van der Waals surface area (Å²) >= 11 is 0. The Labute approximate surface area is 144 Å². The minimum atomic E-state index is 0.0866. The Morgan fingerprint density at radius 2 is 1.79 bits per heavy atom. The second-order valence-corrected chi connectivity index (χ2v) is 6.93. The summed E-state index contributed by atoms with van der Waals surface area (Å²) in [6.07, 6.45) is 7.32. The zero-order valence-corrected chi connectivity index (χ0v) is 14.6. The van der Waals surface area contributed by atoms with E-state index in [1.165, 1.54) is 24.0 Å². The number of ketones is 1. The summed E-state index contributed by atoms with van der Waals surface area (Å²) in [6.45, 7) is 1.48. The van der Waals surface area contributed by atoms with Gasteiger partial charge in [-0.25, -0.2) is 0 Å². The van der Waals surface area contributed by atoms with Crippen LogP contribution in [0.15, 0.2) is 18.2 Å². The summed E-state index contributed by atoms with van der Waals surface area (Å²) < 4.78 is 5.33. The van der Waals surface area contributed by atoms with E-state index in [-0.39, 0.29) is 17.8 Å². The molecule has 1 aliphatic heterocycles. The highest BCUT2D eigenvalue weighted by Crippen LogP contribution is 2.23. The number of ether oxygens (including phenoxy) is 1. The van der Waals surface area contributed by atoms with Crippen molar-refractivity contribution in [3.63, 3.8) is 0 Å². The van der Waals surface area contributed by atoms with Gasteiger partial charge < -0.3 is 9.64 Å². The molecule has 0 aromatic heterocycles. The molecule has 0 atom stereocenters. The first-order chi connectivity index (χ1) is 11.7. The van der Waals surface area contributed by atoms with Crippen molar-refractivity contribution in [2.75, 3.05) is 20.2 Å². The Morgan fingerprint density at radius 3 is 2.50 bits per heavy atom. The molecule has 1 aromatic carbocycles. The maximum atomic E-state index is 12.4. The van der Waals surface area contributed by atoms with Gasteiger partial charge >= 0.3 is 0 Å². The zero-order valence-electron chi connectivity index (χ0n) is 14.6. The quantitative estimate of drug-likeness (QED) is 0.780. The molecule has 24 heavy (non-hydrogen) atoms. The van der Waals surface area contributed by atoms with Crippen LogP contribution in [0.5, 0.6) is 0 Å². The Morgan fingerprint density at radius 1 is 1.08 bits per heavy atom. The van der Waals surface area contributed by atoms with Crippen molar-refractivity contribution in [3.05, 3.63) is 34.9 Å². The van der Waals surface area contributed by atoms with Crippen molar-refractivity contribution < 1.29 is 14.3 Å². The summed E-state index contributed by atoms with van der Waals surface area (Å²) in [5, 5.41) is 0. The molecule has 4 heteroatoms. The van der Waals surface area contributed by atoms with Gasteiger partial charge in [0.1, 0.15) is 0 Å². The molecule has 1 aliphatic carbocycles. The van der Waals surface area contributed by atoms with Crippen molar-refractivity contribution in [2.24, 2.45) is 0 Å². The SMILES string of the molecule is COC1CCN(C(=O)CCC(=O)c2ccc3c(c2)CCCC3)CC1. The number of methoxy groups -OCH3 is 1. The van der Waals surface area contributed by atoms with Crippen LogP contribution in [0.4, 0.5) is 0 Å². The number of benzene rings is 1. The number of piperidine rings is 1. The van der Waals surface area contributed by atoms with E-state index in [0.717, 1.165) is 44.3 Å². The molecule has 0 N–H and O–H groups in total. The lowest BCUT2D eigenvalue weighted by molar-refractivity contribution is -0.133. The van der Waals surface area contributed by atoms with E-state index in [0.29, 0.717) is 12.8 Å². The molecule has 1 aromatic rings. The first-order valence-electron chi connectivity index (χ1n) is 9.13. The predicted molar refractivity (Wildman–Crippen MR) is 93.3 cm³/mol. The van der Waals surface area contributed by atoms with E-state index in [2.05, 4.69) is 6.07 Å². The fourth-order valence-corrected chi connectivity index (χ4v) is 3.77. The number of carbonyl (C=O) groups is 2.